The molecule has 21 heavy (non-hydrogen) atoms. The summed E-state index contributed by atoms with van der Waals surface area (Å²) < 4.78 is 13.8. The van der Waals surface area contributed by atoms with E-state index in [9.17, 15) is 9.50 Å². The van der Waals surface area contributed by atoms with E-state index in [0.717, 1.165) is 37.5 Å². The van der Waals surface area contributed by atoms with Crippen LogP contribution in [0.25, 0.3) is 0 Å². The van der Waals surface area contributed by atoms with Crippen molar-refractivity contribution in [2.75, 3.05) is 0 Å². The Morgan fingerprint density at radius 2 is 1.90 bits per heavy atom. The minimum atomic E-state index is -0.608. The summed E-state index contributed by atoms with van der Waals surface area (Å²) in [6, 6.07) is 0. The molecule has 0 spiro atoms. The highest BCUT2D eigenvalue weighted by atomic mass is 19.1. The van der Waals surface area contributed by atoms with E-state index < -0.39 is 6.17 Å². The van der Waals surface area contributed by atoms with Gasteiger partial charge in [0, 0.05) is 6.42 Å². The van der Waals surface area contributed by atoms with Gasteiger partial charge in [-0.05, 0) is 73.5 Å². The molecule has 7 atom stereocenters. The number of aliphatic hydroxyl groups excluding tert-OH is 1. The zero-order valence-electron chi connectivity index (χ0n) is 13.4. The first kappa shape index (κ1) is 14.2. The summed E-state index contributed by atoms with van der Waals surface area (Å²) in [6.45, 7) is 4.74. The highest BCUT2D eigenvalue weighted by molar-refractivity contribution is 5.25. The molecule has 4 rings (SSSR count). The molecular formula is C19H29FO. The Kier molecular flexibility index (Phi) is 3.10. The highest BCUT2D eigenvalue weighted by Crippen LogP contribution is 2.64. The van der Waals surface area contributed by atoms with Crippen molar-refractivity contribution in [2.45, 2.75) is 77.5 Å². The second-order valence-electron chi connectivity index (χ2n) is 8.74. The third-order valence-electron chi connectivity index (χ3n) is 7.99. The molecular weight excluding hydrogens is 263 g/mol. The molecule has 0 saturated heterocycles. The van der Waals surface area contributed by atoms with Crippen LogP contribution in [-0.2, 0) is 0 Å². The first-order valence-corrected chi connectivity index (χ1v) is 8.97. The minimum absolute atomic E-state index is 0.0942. The molecule has 1 nitrogen and oxygen atoms in total. The molecule has 0 amide bonds. The fourth-order valence-electron chi connectivity index (χ4n) is 6.59. The van der Waals surface area contributed by atoms with Gasteiger partial charge in [0.05, 0.1) is 6.10 Å². The third kappa shape index (κ3) is 1.84. The topological polar surface area (TPSA) is 20.2 Å². The fraction of sp³-hybridized carbons (Fsp3) is 0.895. The maximum absolute atomic E-state index is 13.8. The van der Waals surface area contributed by atoms with Crippen LogP contribution < -0.4 is 0 Å². The lowest BCUT2D eigenvalue weighted by molar-refractivity contribution is -0.0687. The van der Waals surface area contributed by atoms with Crippen LogP contribution in [-0.4, -0.2) is 17.4 Å². The van der Waals surface area contributed by atoms with E-state index in [1.54, 1.807) is 0 Å². The first-order valence-electron chi connectivity index (χ1n) is 8.97. The largest absolute Gasteiger partial charge is 0.393 e. The summed E-state index contributed by atoms with van der Waals surface area (Å²) in [6.07, 6.45) is 9.89. The molecule has 3 saturated carbocycles. The summed E-state index contributed by atoms with van der Waals surface area (Å²) in [5, 5.41) is 10.4. The standard InChI is InChI=1S/C19H29FO/c1-18-9-7-13(20)11-12(18)3-4-14-15-5-6-17(21)19(15,2)10-8-16(14)18/h3,13-17,21H,4-11H2,1-2H3. The third-order valence-corrected chi connectivity index (χ3v) is 7.99. The Balaban J connectivity index is 1.68. The Bertz CT molecular complexity index is 472. The van der Waals surface area contributed by atoms with E-state index in [2.05, 4.69) is 19.9 Å². The van der Waals surface area contributed by atoms with Crippen LogP contribution in [0.15, 0.2) is 11.6 Å². The van der Waals surface area contributed by atoms with Crippen molar-refractivity contribution in [1.29, 1.82) is 0 Å². The smallest absolute Gasteiger partial charge is 0.104 e. The van der Waals surface area contributed by atoms with Crippen molar-refractivity contribution < 1.29 is 9.50 Å². The lowest BCUT2D eigenvalue weighted by Crippen LogP contribution is -2.50. The first-order chi connectivity index (χ1) is 9.95. The monoisotopic (exact) mass is 292 g/mol. The van der Waals surface area contributed by atoms with Gasteiger partial charge >= 0.3 is 0 Å². The van der Waals surface area contributed by atoms with Crippen molar-refractivity contribution in [2.24, 2.45) is 28.6 Å². The molecule has 0 aromatic carbocycles. The predicted molar refractivity (Wildman–Crippen MR) is 82.6 cm³/mol. The van der Waals surface area contributed by atoms with Crippen LogP contribution in [0.3, 0.4) is 0 Å². The molecule has 0 aromatic heterocycles. The molecule has 0 radical (unpaired) electrons. The van der Waals surface area contributed by atoms with E-state index in [4.69, 9.17) is 0 Å². The van der Waals surface area contributed by atoms with Gasteiger partial charge in [0.25, 0.3) is 0 Å². The summed E-state index contributed by atoms with van der Waals surface area (Å²) in [5.41, 5.74) is 1.82. The molecule has 1 N–H and O–H groups in total. The number of fused-ring (bicyclic) bond motifs is 5. The van der Waals surface area contributed by atoms with E-state index in [-0.39, 0.29) is 16.9 Å². The predicted octanol–water partition coefficient (Wildman–Crippen LogP) is 4.65. The van der Waals surface area contributed by atoms with Crippen LogP contribution in [0, 0.1) is 28.6 Å². The lowest BCUT2D eigenvalue weighted by Gasteiger charge is -2.57. The van der Waals surface area contributed by atoms with Crippen molar-refractivity contribution >= 4 is 0 Å². The summed E-state index contributed by atoms with van der Waals surface area (Å²) >= 11 is 0. The maximum Gasteiger partial charge on any atom is 0.104 e. The molecule has 4 aliphatic carbocycles. The molecule has 0 aliphatic heterocycles. The molecule has 4 aliphatic rings. The average molecular weight is 292 g/mol. The van der Waals surface area contributed by atoms with E-state index >= 15 is 0 Å². The second-order valence-corrected chi connectivity index (χ2v) is 8.74. The molecule has 0 aromatic rings. The van der Waals surface area contributed by atoms with Gasteiger partial charge in [0.15, 0.2) is 0 Å². The molecule has 7 unspecified atom stereocenters. The number of halogens is 1. The number of aliphatic hydroxyl groups is 1. The quantitative estimate of drug-likeness (QED) is 0.644. The summed E-state index contributed by atoms with van der Waals surface area (Å²) in [5.74, 6) is 2.14. The van der Waals surface area contributed by atoms with Crippen LogP contribution >= 0.6 is 0 Å². The van der Waals surface area contributed by atoms with Gasteiger partial charge in [-0.3, -0.25) is 0 Å². The zero-order valence-corrected chi connectivity index (χ0v) is 13.4. The van der Waals surface area contributed by atoms with E-state index in [1.165, 1.54) is 24.8 Å². The number of rotatable bonds is 0. The van der Waals surface area contributed by atoms with Crippen molar-refractivity contribution in [3.8, 4) is 0 Å². The van der Waals surface area contributed by atoms with Gasteiger partial charge in [-0.25, -0.2) is 4.39 Å². The molecule has 3 fully saturated rings. The molecule has 118 valence electrons. The van der Waals surface area contributed by atoms with Crippen molar-refractivity contribution in [3.05, 3.63) is 11.6 Å². The minimum Gasteiger partial charge on any atom is -0.393 e. The number of allylic oxidation sites excluding steroid dienone is 2. The van der Waals surface area contributed by atoms with Gasteiger partial charge in [-0.15, -0.1) is 0 Å². The summed E-state index contributed by atoms with van der Waals surface area (Å²) in [7, 11) is 0. The van der Waals surface area contributed by atoms with Gasteiger partial charge in [0.2, 0.25) is 0 Å². The number of alkyl halides is 1. The fourth-order valence-corrected chi connectivity index (χ4v) is 6.59. The van der Waals surface area contributed by atoms with Crippen molar-refractivity contribution in [3.63, 3.8) is 0 Å². The average Bonchev–Trinajstić information content (AvgIpc) is 2.76. The Hall–Kier alpha value is -0.370. The second kappa shape index (κ2) is 4.57. The Morgan fingerprint density at radius 1 is 1.10 bits per heavy atom. The molecule has 2 heteroatoms. The van der Waals surface area contributed by atoms with Gasteiger partial charge in [-0.1, -0.05) is 25.5 Å². The zero-order chi connectivity index (χ0) is 14.8. The summed E-state index contributed by atoms with van der Waals surface area (Å²) in [4.78, 5) is 0. The normalized spacial score (nSPS) is 56.2. The SMILES string of the molecule is CC12CCC(F)CC1=CCC1C2CCC2(C)C(O)CCC12. The van der Waals surface area contributed by atoms with Crippen LogP contribution in [0.2, 0.25) is 0 Å². The number of hydrogen-bond donors (Lipinski definition) is 1. The highest BCUT2D eigenvalue weighted by Gasteiger charge is 2.58. The molecule has 0 heterocycles. The van der Waals surface area contributed by atoms with Gasteiger partial charge in [-0.2, -0.15) is 0 Å². The van der Waals surface area contributed by atoms with Crippen LogP contribution in [0.4, 0.5) is 4.39 Å². The van der Waals surface area contributed by atoms with E-state index in [1.807, 2.05) is 0 Å². The van der Waals surface area contributed by atoms with Crippen molar-refractivity contribution in [1.82, 2.24) is 0 Å². The van der Waals surface area contributed by atoms with Gasteiger partial charge < -0.3 is 5.11 Å². The van der Waals surface area contributed by atoms with Gasteiger partial charge in [0.1, 0.15) is 6.17 Å². The van der Waals surface area contributed by atoms with Crippen LogP contribution in [0.5, 0.6) is 0 Å². The van der Waals surface area contributed by atoms with E-state index in [0.29, 0.717) is 12.3 Å². The molecule has 0 bridgehead atoms. The maximum atomic E-state index is 13.8. The Morgan fingerprint density at radius 3 is 2.71 bits per heavy atom. The number of hydrogen-bond acceptors (Lipinski definition) is 1. The lowest BCUT2D eigenvalue weighted by atomic mass is 9.48. The Labute approximate surface area is 128 Å². The van der Waals surface area contributed by atoms with Crippen LogP contribution in [0.1, 0.15) is 65.2 Å².